The van der Waals surface area contributed by atoms with Gasteiger partial charge in [-0.1, -0.05) is 30.3 Å². The Hall–Kier alpha value is -3.47. The Balaban J connectivity index is 1.33. The van der Waals surface area contributed by atoms with Gasteiger partial charge in [-0.25, -0.2) is 9.97 Å². The third-order valence-electron chi connectivity index (χ3n) is 4.88. The van der Waals surface area contributed by atoms with Crippen LogP contribution in [-0.2, 0) is 12.5 Å². The summed E-state index contributed by atoms with van der Waals surface area (Å²) in [5, 5.41) is 12.7. The molecular weight excluding hydrogens is 438 g/mol. The number of rotatable bonds is 7. The van der Waals surface area contributed by atoms with Gasteiger partial charge in [-0.15, -0.1) is 16.4 Å². The molecule has 1 saturated carbocycles. The number of nitrogens with zero attached hydrogens (tertiary/aromatic N) is 5. The van der Waals surface area contributed by atoms with Gasteiger partial charge in [-0.3, -0.25) is 4.79 Å². The number of alkyl halides is 2. The van der Waals surface area contributed by atoms with Crippen LogP contribution in [0.1, 0.15) is 52.8 Å². The van der Waals surface area contributed by atoms with Gasteiger partial charge in [0.15, 0.2) is 23.2 Å². The summed E-state index contributed by atoms with van der Waals surface area (Å²) in [5.74, 6) is -2.04. The number of oxazole rings is 1. The van der Waals surface area contributed by atoms with E-state index in [0.29, 0.717) is 16.7 Å². The minimum Gasteiger partial charge on any atom is -0.440 e. The van der Waals surface area contributed by atoms with Crippen LogP contribution in [0.15, 0.2) is 46.3 Å². The fourth-order valence-electron chi connectivity index (χ4n) is 3.09. The molecular formula is C21H18F2N6O2S. The summed E-state index contributed by atoms with van der Waals surface area (Å²) in [6, 6.07) is 9.31. The highest BCUT2D eigenvalue weighted by atomic mass is 32.1. The Kier molecular flexibility index (Phi) is 5.04. The highest BCUT2D eigenvalue weighted by Gasteiger charge is 2.32. The van der Waals surface area contributed by atoms with E-state index in [1.54, 1.807) is 0 Å². The van der Waals surface area contributed by atoms with E-state index in [2.05, 4.69) is 25.5 Å². The van der Waals surface area contributed by atoms with Gasteiger partial charge >= 0.3 is 0 Å². The summed E-state index contributed by atoms with van der Waals surface area (Å²) in [5.41, 5.74) is 0.652. The normalized spacial score (nSPS) is 14.0. The fraction of sp³-hybridized carbons (Fsp3) is 0.286. The van der Waals surface area contributed by atoms with Crippen LogP contribution in [0.4, 0.5) is 14.6 Å². The van der Waals surface area contributed by atoms with Gasteiger partial charge in [0.05, 0.1) is 6.20 Å². The SMILES string of the molecule is CC(F)(F)c1csc(Cn2ncc(NC(=O)c3nc(C4CC4)oc3-c3ccccc3)n2)n1. The maximum absolute atomic E-state index is 13.4. The molecule has 1 amide bonds. The second-order valence-corrected chi connectivity index (χ2v) is 8.54. The number of hydrogen-bond acceptors (Lipinski definition) is 7. The van der Waals surface area contributed by atoms with Crippen LogP contribution in [0.25, 0.3) is 11.3 Å². The lowest BCUT2D eigenvalue weighted by Crippen LogP contribution is -2.14. The average molecular weight is 456 g/mol. The molecule has 8 nitrogen and oxygen atoms in total. The lowest BCUT2D eigenvalue weighted by atomic mass is 10.1. The zero-order chi connectivity index (χ0) is 22.3. The number of carbonyl (C=O) groups is 1. The zero-order valence-electron chi connectivity index (χ0n) is 17.0. The molecule has 0 atom stereocenters. The Morgan fingerprint density at radius 1 is 1.28 bits per heavy atom. The van der Waals surface area contributed by atoms with Crippen molar-refractivity contribution in [3.05, 3.63) is 64.2 Å². The van der Waals surface area contributed by atoms with Crippen LogP contribution in [-0.4, -0.2) is 30.9 Å². The molecule has 1 N–H and O–H groups in total. The molecule has 164 valence electrons. The van der Waals surface area contributed by atoms with Crippen molar-refractivity contribution >= 4 is 23.1 Å². The van der Waals surface area contributed by atoms with Crippen LogP contribution < -0.4 is 5.32 Å². The van der Waals surface area contributed by atoms with E-state index in [1.807, 2.05) is 30.3 Å². The lowest BCUT2D eigenvalue weighted by Gasteiger charge is -2.04. The summed E-state index contributed by atoms with van der Waals surface area (Å²) in [6.45, 7) is 0.912. The van der Waals surface area contributed by atoms with Crippen molar-refractivity contribution in [2.24, 2.45) is 0 Å². The van der Waals surface area contributed by atoms with Crippen molar-refractivity contribution in [3.8, 4) is 11.3 Å². The van der Waals surface area contributed by atoms with E-state index < -0.39 is 11.8 Å². The Bertz CT molecular complexity index is 1260. The van der Waals surface area contributed by atoms with Crippen molar-refractivity contribution in [3.63, 3.8) is 0 Å². The lowest BCUT2D eigenvalue weighted by molar-refractivity contribution is 0.0132. The molecule has 0 bridgehead atoms. The number of halogens is 2. The summed E-state index contributed by atoms with van der Waals surface area (Å²) < 4.78 is 32.7. The molecule has 0 aliphatic heterocycles. The Labute approximate surface area is 185 Å². The summed E-state index contributed by atoms with van der Waals surface area (Å²) in [4.78, 5) is 22.6. The molecule has 0 spiro atoms. The van der Waals surface area contributed by atoms with E-state index in [0.717, 1.165) is 36.7 Å². The van der Waals surface area contributed by atoms with Crippen LogP contribution in [0.2, 0.25) is 0 Å². The topological polar surface area (TPSA) is 98.7 Å². The molecule has 1 aromatic carbocycles. The quantitative estimate of drug-likeness (QED) is 0.434. The Morgan fingerprint density at radius 2 is 2.06 bits per heavy atom. The van der Waals surface area contributed by atoms with Crippen LogP contribution in [0.3, 0.4) is 0 Å². The van der Waals surface area contributed by atoms with Gasteiger partial charge < -0.3 is 9.73 Å². The number of aromatic nitrogens is 5. The molecule has 5 rings (SSSR count). The first-order chi connectivity index (χ1) is 15.4. The smallest absolute Gasteiger partial charge is 0.287 e. The van der Waals surface area contributed by atoms with E-state index in [-0.39, 0.29) is 29.7 Å². The van der Waals surface area contributed by atoms with Gasteiger partial charge in [0.1, 0.15) is 17.2 Å². The number of benzene rings is 1. The van der Waals surface area contributed by atoms with E-state index in [4.69, 9.17) is 4.42 Å². The van der Waals surface area contributed by atoms with E-state index in [1.165, 1.54) is 16.4 Å². The third kappa shape index (κ3) is 4.28. The summed E-state index contributed by atoms with van der Waals surface area (Å²) in [6.07, 6.45) is 3.37. The number of hydrogen-bond donors (Lipinski definition) is 1. The van der Waals surface area contributed by atoms with Gasteiger partial charge in [0.2, 0.25) is 0 Å². The van der Waals surface area contributed by atoms with Crippen LogP contribution >= 0.6 is 11.3 Å². The van der Waals surface area contributed by atoms with Crippen molar-refractivity contribution in [2.75, 3.05) is 5.32 Å². The maximum Gasteiger partial charge on any atom is 0.287 e. The molecule has 1 aliphatic carbocycles. The molecule has 4 aromatic rings. The van der Waals surface area contributed by atoms with Gasteiger partial charge in [0, 0.05) is 23.8 Å². The van der Waals surface area contributed by atoms with Crippen molar-refractivity contribution in [1.29, 1.82) is 0 Å². The number of nitrogens with one attached hydrogen (secondary N) is 1. The van der Waals surface area contributed by atoms with Crippen molar-refractivity contribution in [2.45, 2.75) is 38.2 Å². The zero-order valence-corrected chi connectivity index (χ0v) is 17.8. The molecule has 3 heterocycles. The standard InChI is InChI=1S/C21H18F2N6O2S/c1-21(22,23)14-11-32-16(25-14)10-29-24-9-15(28-29)26-19(30)17-18(12-5-3-2-4-6-12)31-20(27-17)13-7-8-13/h2-6,9,11,13H,7-8,10H2,1H3,(H,26,28,30). The second-order valence-electron chi connectivity index (χ2n) is 7.60. The van der Waals surface area contributed by atoms with E-state index >= 15 is 0 Å². The Morgan fingerprint density at radius 3 is 2.75 bits per heavy atom. The molecule has 1 aliphatic rings. The fourth-order valence-corrected chi connectivity index (χ4v) is 3.94. The highest BCUT2D eigenvalue weighted by molar-refractivity contribution is 7.09. The van der Waals surface area contributed by atoms with Crippen molar-refractivity contribution in [1.82, 2.24) is 25.0 Å². The molecule has 0 radical (unpaired) electrons. The molecule has 11 heteroatoms. The first-order valence-corrected chi connectivity index (χ1v) is 10.8. The number of thiazole rings is 1. The monoisotopic (exact) mass is 456 g/mol. The molecule has 0 unspecified atom stereocenters. The van der Waals surface area contributed by atoms with Gasteiger partial charge in [-0.05, 0) is 12.8 Å². The first kappa shape index (κ1) is 20.4. The summed E-state index contributed by atoms with van der Waals surface area (Å²) >= 11 is 1.10. The third-order valence-corrected chi connectivity index (χ3v) is 5.71. The number of carbonyl (C=O) groups excluding carboxylic acids is 1. The second kappa shape index (κ2) is 7.90. The van der Waals surface area contributed by atoms with Crippen LogP contribution in [0, 0.1) is 0 Å². The van der Waals surface area contributed by atoms with Crippen molar-refractivity contribution < 1.29 is 18.0 Å². The number of anilines is 1. The largest absolute Gasteiger partial charge is 0.440 e. The van der Waals surface area contributed by atoms with Gasteiger partial charge in [0.25, 0.3) is 11.8 Å². The van der Waals surface area contributed by atoms with Crippen LogP contribution in [0.5, 0.6) is 0 Å². The molecule has 0 saturated heterocycles. The first-order valence-electron chi connectivity index (χ1n) is 9.97. The predicted octanol–water partition coefficient (Wildman–Crippen LogP) is 4.68. The molecule has 1 fully saturated rings. The molecule has 3 aromatic heterocycles. The van der Waals surface area contributed by atoms with E-state index in [9.17, 15) is 13.6 Å². The number of amides is 1. The predicted molar refractivity (Wildman–Crippen MR) is 113 cm³/mol. The highest BCUT2D eigenvalue weighted by Crippen LogP contribution is 2.41. The summed E-state index contributed by atoms with van der Waals surface area (Å²) in [7, 11) is 0. The molecule has 32 heavy (non-hydrogen) atoms. The average Bonchev–Trinajstić information content (AvgIpc) is 3.15. The van der Waals surface area contributed by atoms with Gasteiger partial charge in [-0.2, -0.15) is 18.7 Å². The minimum absolute atomic E-state index is 0.113. The maximum atomic E-state index is 13.4. The minimum atomic E-state index is -3.00.